The molecule has 0 aromatic carbocycles. The number of hydrogen-bond acceptors (Lipinski definition) is 2. The summed E-state index contributed by atoms with van der Waals surface area (Å²) in [5.74, 6) is -0.822. The van der Waals surface area contributed by atoms with Gasteiger partial charge in [-0.15, -0.1) is 0 Å². The van der Waals surface area contributed by atoms with E-state index < -0.39 is 11.8 Å². The Hall–Kier alpha value is -1.06. The number of rotatable bonds is 0. The van der Waals surface area contributed by atoms with Crippen molar-refractivity contribution in [3.05, 3.63) is 0 Å². The van der Waals surface area contributed by atoms with Gasteiger partial charge in [0.1, 0.15) is 0 Å². The van der Waals surface area contributed by atoms with Crippen LogP contribution >= 0.6 is 0 Å². The second-order valence-corrected chi connectivity index (χ2v) is 2.95. The average molecular weight is 156 g/mol. The standard InChI is InChI=1S/C7H12N2O2/c1-5-4-8(2)6(10)7(11)9(5)3/h5H,4H2,1-3H3/t5-/m1/s1. The Balaban J connectivity index is 2.79. The maximum absolute atomic E-state index is 11.1. The Morgan fingerprint density at radius 1 is 1.27 bits per heavy atom. The molecule has 1 heterocycles. The van der Waals surface area contributed by atoms with Crippen LogP contribution in [0.2, 0.25) is 0 Å². The first-order valence-electron chi connectivity index (χ1n) is 3.56. The van der Waals surface area contributed by atoms with Crippen LogP contribution in [0.1, 0.15) is 6.92 Å². The monoisotopic (exact) mass is 156 g/mol. The van der Waals surface area contributed by atoms with Gasteiger partial charge in [0.25, 0.3) is 0 Å². The third-order valence-corrected chi connectivity index (χ3v) is 2.05. The van der Waals surface area contributed by atoms with Gasteiger partial charge >= 0.3 is 11.8 Å². The summed E-state index contributed by atoms with van der Waals surface area (Å²) in [6.07, 6.45) is 0. The molecule has 0 radical (unpaired) electrons. The van der Waals surface area contributed by atoms with E-state index in [1.54, 1.807) is 14.1 Å². The second-order valence-electron chi connectivity index (χ2n) is 2.95. The highest BCUT2D eigenvalue weighted by Gasteiger charge is 2.32. The molecule has 0 aromatic rings. The van der Waals surface area contributed by atoms with Crippen LogP contribution in [0.15, 0.2) is 0 Å². The number of amides is 2. The molecule has 0 unspecified atom stereocenters. The Kier molecular flexibility index (Phi) is 1.85. The molecule has 0 N–H and O–H groups in total. The maximum Gasteiger partial charge on any atom is 0.312 e. The predicted molar refractivity (Wildman–Crippen MR) is 39.9 cm³/mol. The maximum atomic E-state index is 11.1. The van der Waals surface area contributed by atoms with E-state index in [1.165, 1.54) is 9.80 Å². The van der Waals surface area contributed by atoms with Crippen LogP contribution in [-0.4, -0.2) is 48.3 Å². The summed E-state index contributed by atoms with van der Waals surface area (Å²) in [5, 5.41) is 0. The summed E-state index contributed by atoms with van der Waals surface area (Å²) in [6.45, 7) is 2.54. The minimum Gasteiger partial charge on any atom is -0.335 e. The summed E-state index contributed by atoms with van der Waals surface area (Å²) in [7, 11) is 3.29. The zero-order valence-corrected chi connectivity index (χ0v) is 7.00. The van der Waals surface area contributed by atoms with Crippen molar-refractivity contribution in [1.29, 1.82) is 0 Å². The number of nitrogens with zero attached hydrogens (tertiary/aromatic N) is 2. The van der Waals surface area contributed by atoms with E-state index in [-0.39, 0.29) is 6.04 Å². The predicted octanol–water partition coefficient (Wildman–Crippen LogP) is -0.695. The van der Waals surface area contributed by atoms with Gasteiger partial charge in [-0.1, -0.05) is 0 Å². The Bertz CT molecular complexity index is 203. The fourth-order valence-corrected chi connectivity index (χ4v) is 1.12. The number of hydrogen-bond donors (Lipinski definition) is 0. The lowest BCUT2D eigenvalue weighted by molar-refractivity contribution is -0.156. The molecule has 11 heavy (non-hydrogen) atoms. The van der Waals surface area contributed by atoms with Crippen molar-refractivity contribution in [1.82, 2.24) is 9.80 Å². The summed E-state index contributed by atoms with van der Waals surface area (Å²) in [5.41, 5.74) is 0. The third kappa shape index (κ3) is 1.20. The van der Waals surface area contributed by atoms with Crippen molar-refractivity contribution in [2.45, 2.75) is 13.0 Å². The van der Waals surface area contributed by atoms with Crippen molar-refractivity contribution in [2.75, 3.05) is 20.6 Å². The van der Waals surface area contributed by atoms with Gasteiger partial charge < -0.3 is 9.80 Å². The first-order chi connectivity index (χ1) is 5.04. The van der Waals surface area contributed by atoms with Gasteiger partial charge in [0.15, 0.2) is 0 Å². The van der Waals surface area contributed by atoms with Crippen LogP contribution in [0.5, 0.6) is 0 Å². The van der Waals surface area contributed by atoms with Crippen LogP contribution in [0, 0.1) is 0 Å². The highest BCUT2D eigenvalue weighted by Crippen LogP contribution is 2.06. The zero-order valence-electron chi connectivity index (χ0n) is 7.00. The summed E-state index contributed by atoms with van der Waals surface area (Å²) in [6, 6.07) is 0.130. The van der Waals surface area contributed by atoms with E-state index >= 15 is 0 Å². The lowest BCUT2D eigenvalue weighted by atomic mass is 10.2. The van der Waals surface area contributed by atoms with Crippen molar-refractivity contribution >= 4 is 11.8 Å². The smallest absolute Gasteiger partial charge is 0.312 e. The fourth-order valence-electron chi connectivity index (χ4n) is 1.12. The molecule has 0 saturated carbocycles. The molecule has 0 aliphatic carbocycles. The molecule has 4 nitrogen and oxygen atoms in total. The average Bonchev–Trinajstić information content (AvgIpc) is 1.97. The van der Waals surface area contributed by atoms with Crippen LogP contribution in [0.3, 0.4) is 0 Å². The van der Waals surface area contributed by atoms with Crippen molar-refractivity contribution in [2.24, 2.45) is 0 Å². The van der Waals surface area contributed by atoms with E-state index in [9.17, 15) is 9.59 Å². The molecule has 0 bridgehead atoms. The van der Waals surface area contributed by atoms with Gasteiger partial charge in [0.2, 0.25) is 0 Å². The fraction of sp³-hybridized carbons (Fsp3) is 0.714. The molecule has 0 aromatic heterocycles. The Labute approximate surface area is 65.8 Å². The van der Waals surface area contributed by atoms with E-state index in [2.05, 4.69) is 0 Å². The molecule has 1 aliphatic rings. The highest BCUT2D eigenvalue weighted by atomic mass is 16.2. The quantitative estimate of drug-likeness (QED) is 0.435. The minimum atomic E-state index is -0.411. The van der Waals surface area contributed by atoms with Crippen molar-refractivity contribution in [3.8, 4) is 0 Å². The van der Waals surface area contributed by atoms with Crippen LogP contribution < -0.4 is 0 Å². The topological polar surface area (TPSA) is 40.6 Å². The van der Waals surface area contributed by atoms with Crippen molar-refractivity contribution < 1.29 is 9.59 Å². The first kappa shape index (κ1) is 8.04. The van der Waals surface area contributed by atoms with Crippen LogP contribution in [-0.2, 0) is 9.59 Å². The van der Waals surface area contributed by atoms with Gasteiger partial charge in [-0.25, -0.2) is 0 Å². The van der Waals surface area contributed by atoms with Gasteiger partial charge in [-0.2, -0.15) is 0 Å². The zero-order chi connectivity index (χ0) is 8.59. The molecular weight excluding hydrogens is 144 g/mol. The summed E-state index contributed by atoms with van der Waals surface area (Å²) >= 11 is 0. The summed E-state index contributed by atoms with van der Waals surface area (Å²) < 4.78 is 0. The second kappa shape index (κ2) is 2.53. The molecule has 4 heteroatoms. The molecule has 62 valence electrons. The first-order valence-corrected chi connectivity index (χ1v) is 3.56. The SMILES string of the molecule is C[C@@H]1CN(C)C(=O)C(=O)N1C. The van der Waals surface area contributed by atoms with Gasteiger partial charge in [-0.3, -0.25) is 9.59 Å². The molecular formula is C7H12N2O2. The van der Waals surface area contributed by atoms with Gasteiger partial charge in [0.05, 0.1) is 0 Å². The number of carbonyl (C=O) groups is 2. The van der Waals surface area contributed by atoms with E-state index in [0.717, 1.165) is 0 Å². The lowest BCUT2D eigenvalue weighted by Crippen LogP contribution is -2.55. The third-order valence-electron chi connectivity index (χ3n) is 2.05. The molecule has 1 saturated heterocycles. The normalized spacial score (nSPS) is 26.3. The van der Waals surface area contributed by atoms with Gasteiger partial charge in [-0.05, 0) is 6.92 Å². The largest absolute Gasteiger partial charge is 0.335 e. The van der Waals surface area contributed by atoms with E-state index in [1.807, 2.05) is 6.92 Å². The molecule has 1 aliphatic heterocycles. The highest BCUT2D eigenvalue weighted by molar-refractivity contribution is 6.35. The molecule has 0 spiro atoms. The summed E-state index contributed by atoms with van der Waals surface area (Å²) in [4.78, 5) is 25.0. The van der Waals surface area contributed by atoms with Crippen molar-refractivity contribution in [3.63, 3.8) is 0 Å². The van der Waals surface area contributed by atoms with E-state index in [0.29, 0.717) is 6.54 Å². The number of carbonyl (C=O) groups excluding carboxylic acids is 2. The molecule has 1 rings (SSSR count). The molecule has 2 amide bonds. The molecule has 1 atom stereocenters. The van der Waals surface area contributed by atoms with Crippen LogP contribution in [0.25, 0.3) is 0 Å². The Morgan fingerprint density at radius 3 is 2.36 bits per heavy atom. The molecule has 1 fully saturated rings. The van der Waals surface area contributed by atoms with E-state index in [4.69, 9.17) is 0 Å². The number of likely N-dealkylation sites (N-methyl/N-ethyl adjacent to an activating group) is 2. The minimum absolute atomic E-state index is 0.130. The number of piperazine rings is 1. The van der Waals surface area contributed by atoms with Crippen LogP contribution in [0.4, 0.5) is 0 Å². The Morgan fingerprint density at radius 2 is 1.82 bits per heavy atom. The van der Waals surface area contributed by atoms with Gasteiger partial charge in [0, 0.05) is 26.7 Å². The lowest BCUT2D eigenvalue weighted by Gasteiger charge is -2.34.